The van der Waals surface area contributed by atoms with Gasteiger partial charge in [-0.1, -0.05) is 13.3 Å². The van der Waals surface area contributed by atoms with E-state index in [9.17, 15) is 13.6 Å². The van der Waals surface area contributed by atoms with Crippen molar-refractivity contribution < 1.29 is 23.0 Å². The van der Waals surface area contributed by atoms with Gasteiger partial charge in [0.25, 0.3) is 0 Å². The Hall–Kier alpha value is -3.62. The minimum Gasteiger partial charge on any atom is -0.454 e. The normalized spacial score (nSPS) is 12.1. The molecular formula is C20H18F2N4O3. The van der Waals surface area contributed by atoms with Crippen molar-refractivity contribution in [2.45, 2.75) is 19.8 Å². The first-order valence-electron chi connectivity index (χ1n) is 9.05. The minimum atomic E-state index is -0.864. The number of urea groups is 1. The van der Waals surface area contributed by atoms with Crippen molar-refractivity contribution in [3.8, 4) is 22.8 Å². The summed E-state index contributed by atoms with van der Waals surface area (Å²) >= 11 is 0. The lowest BCUT2D eigenvalue weighted by Gasteiger charge is -2.11. The van der Waals surface area contributed by atoms with Crippen LogP contribution < -0.4 is 20.1 Å². The maximum Gasteiger partial charge on any atom is 0.323 e. The van der Waals surface area contributed by atoms with E-state index in [1.807, 2.05) is 13.0 Å². The van der Waals surface area contributed by atoms with Crippen molar-refractivity contribution in [2.24, 2.45) is 0 Å². The van der Waals surface area contributed by atoms with Gasteiger partial charge in [-0.25, -0.2) is 13.6 Å². The van der Waals surface area contributed by atoms with Crippen LogP contribution in [-0.2, 0) is 6.42 Å². The highest BCUT2D eigenvalue weighted by Crippen LogP contribution is 2.38. The van der Waals surface area contributed by atoms with Gasteiger partial charge in [0.1, 0.15) is 17.3 Å². The molecule has 4 rings (SSSR count). The summed E-state index contributed by atoms with van der Waals surface area (Å²) < 4.78 is 37.6. The number of nitrogens with zero attached hydrogens (tertiary/aromatic N) is 1. The topological polar surface area (TPSA) is 88.3 Å². The number of hydrogen-bond donors (Lipinski definition) is 3. The van der Waals surface area contributed by atoms with Gasteiger partial charge in [0.05, 0.1) is 17.1 Å². The molecule has 2 aromatic carbocycles. The molecule has 1 aromatic heterocycles. The number of carbonyl (C=O) groups is 1. The average molecular weight is 400 g/mol. The van der Waals surface area contributed by atoms with E-state index in [0.717, 1.165) is 29.8 Å². The standard InChI is InChI=1S/C20H18F2N4O3/c1-2-3-15-19(24-20(27)23-14-6-5-12(21)9-13(14)22)18(26-25-15)11-4-7-16-17(8-11)29-10-28-16/h4-9H,2-3,10H2,1H3,(H,25,26)(H2,23,24,27). The van der Waals surface area contributed by atoms with Crippen molar-refractivity contribution in [1.29, 1.82) is 0 Å². The smallest absolute Gasteiger partial charge is 0.323 e. The van der Waals surface area contributed by atoms with Gasteiger partial charge in [0.15, 0.2) is 11.5 Å². The number of fused-ring (bicyclic) bond motifs is 1. The molecule has 0 aliphatic carbocycles. The highest BCUT2D eigenvalue weighted by molar-refractivity contribution is 6.02. The summed E-state index contributed by atoms with van der Waals surface area (Å²) in [5.41, 5.74) is 2.31. The molecule has 0 fully saturated rings. The van der Waals surface area contributed by atoms with Crippen LogP contribution in [0.3, 0.4) is 0 Å². The zero-order valence-electron chi connectivity index (χ0n) is 15.5. The molecule has 0 unspecified atom stereocenters. The van der Waals surface area contributed by atoms with E-state index in [1.165, 1.54) is 0 Å². The first kappa shape index (κ1) is 18.7. The number of hydrogen-bond acceptors (Lipinski definition) is 4. The van der Waals surface area contributed by atoms with Gasteiger partial charge in [0, 0.05) is 11.6 Å². The van der Waals surface area contributed by atoms with Gasteiger partial charge in [-0.3, -0.25) is 5.10 Å². The Bertz CT molecular complexity index is 1070. The summed E-state index contributed by atoms with van der Waals surface area (Å²) in [6.07, 6.45) is 1.48. The van der Waals surface area contributed by atoms with Gasteiger partial charge in [-0.05, 0) is 36.8 Å². The molecule has 2 amide bonds. The Kier molecular flexibility index (Phi) is 5.03. The van der Waals surface area contributed by atoms with Gasteiger partial charge >= 0.3 is 6.03 Å². The second-order valence-electron chi connectivity index (χ2n) is 6.45. The number of nitrogens with one attached hydrogen (secondary N) is 3. The van der Waals surface area contributed by atoms with Crippen LogP contribution in [0.2, 0.25) is 0 Å². The quantitative estimate of drug-likeness (QED) is 0.580. The second-order valence-corrected chi connectivity index (χ2v) is 6.45. The van der Waals surface area contributed by atoms with Gasteiger partial charge in [0.2, 0.25) is 6.79 Å². The molecule has 3 aromatic rings. The average Bonchev–Trinajstić information content (AvgIpc) is 3.31. The number of aryl methyl sites for hydroxylation is 1. The van der Waals surface area contributed by atoms with Crippen molar-refractivity contribution in [2.75, 3.05) is 17.4 Å². The number of ether oxygens (including phenoxy) is 2. The molecule has 0 atom stereocenters. The van der Waals surface area contributed by atoms with E-state index >= 15 is 0 Å². The summed E-state index contributed by atoms with van der Waals surface area (Å²) in [6.45, 7) is 2.15. The van der Waals surface area contributed by atoms with E-state index in [1.54, 1.807) is 12.1 Å². The molecule has 29 heavy (non-hydrogen) atoms. The van der Waals surface area contributed by atoms with Crippen LogP contribution in [0.1, 0.15) is 19.0 Å². The van der Waals surface area contributed by atoms with E-state index in [4.69, 9.17) is 9.47 Å². The Labute approximate surface area is 165 Å². The number of aromatic amines is 1. The molecular weight excluding hydrogens is 382 g/mol. The molecule has 0 radical (unpaired) electrons. The Morgan fingerprint density at radius 1 is 1.14 bits per heavy atom. The fourth-order valence-electron chi connectivity index (χ4n) is 3.05. The van der Waals surface area contributed by atoms with Crippen molar-refractivity contribution in [3.63, 3.8) is 0 Å². The molecule has 1 aliphatic rings. The predicted octanol–water partition coefficient (Wildman–Crippen LogP) is 4.68. The number of benzene rings is 2. The largest absolute Gasteiger partial charge is 0.454 e. The third-order valence-corrected chi connectivity index (χ3v) is 4.41. The fourth-order valence-corrected chi connectivity index (χ4v) is 3.05. The van der Waals surface area contributed by atoms with Gasteiger partial charge in [-0.15, -0.1) is 0 Å². The predicted molar refractivity (Wildman–Crippen MR) is 103 cm³/mol. The summed E-state index contributed by atoms with van der Waals surface area (Å²) in [6, 6.07) is 7.61. The molecule has 0 spiro atoms. The minimum absolute atomic E-state index is 0.130. The van der Waals surface area contributed by atoms with Crippen molar-refractivity contribution in [1.82, 2.24) is 10.2 Å². The molecule has 3 N–H and O–H groups in total. The monoisotopic (exact) mass is 400 g/mol. The number of anilines is 2. The zero-order chi connectivity index (χ0) is 20.4. The molecule has 0 saturated heterocycles. The highest BCUT2D eigenvalue weighted by Gasteiger charge is 2.20. The number of H-pyrrole nitrogens is 1. The van der Waals surface area contributed by atoms with E-state index in [0.29, 0.717) is 35.4 Å². The maximum atomic E-state index is 13.8. The third-order valence-electron chi connectivity index (χ3n) is 4.41. The summed E-state index contributed by atoms with van der Waals surface area (Å²) in [5.74, 6) is -0.362. The number of carbonyl (C=O) groups excluding carboxylic acids is 1. The lowest BCUT2D eigenvalue weighted by molar-refractivity contribution is 0.174. The summed E-state index contributed by atoms with van der Waals surface area (Å²) in [4.78, 5) is 12.5. The van der Waals surface area contributed by atoms with Crippen LogP contribution in [0.15, 0.2) is 36.4 Å². The lowest BCUT2D eigenvalue weighted by atomic mass is 10.1. The second kappa shape index (κ2) is 7.78. The molecule has 7 nitrogen and oxygen atoms in total. The molecule has 0 bridgehead atoms. The third kappa shape index (κ3) is 3.84. The summed E-state index contributed by atoms with van der Waals surface area (Å²) in [7, 11) is 0. The van der Waals surface area contributed by atoms with E-state index in [2.05, 4.69) is 20.8 Å². The van der Waals surface area contributed by atoms with Crippen LogP contribution in [0, 0.1) is 11.6 Å². The highest BCUT2D eigenvalue weighted by atomic mass is 19.1. The van der Waals surface area contributed by atoms with Crippen molar-refractivity contribution in [3.05, 3.63) is 53.7 Å². The zero-order valence-corrected chi connectivity index (χ0v) is 15.5. The Morgan fingerprint density at radius 2 is 1.97 bits per heavy atom. The van der Waals surface area contributed by atoms with Crippen LogP contribution in [0.25, 0.3) is 11.3 Å². The van der Waals surface area contributed by atoms with Crippen LogP contribution in [0.4, 0.5) is 25.0 Å². The number of aromatic nitrogens is 2. The lowest BCUT2D eigenvalue weighted by Crippen LogP contribution is -2.21. The number of rotatable bonds is 5. The van der Waals surface area contributed by atoms with Crippen LogP contribution in [0.5, 0.6) is 11.5 Å². The number of halogens is 2. The molecule has 2 heterocycles. The van der Waals surface area contributed by atoms with Gasteiger partial charge < -0.3 is 20.1 Å². The first-order chi connectivity index (χ1) is 14.0. The fraction of sp³-hybridized carbons (Fsp3) is 0.200. The first-order valence-corrected chi connectivity index (χ1v) is 9.05. The Morgan fingerprint density at radius 3 is 2.76 bits per heavy atom. The van der Waals surface area contributed by atoms with E-state index in [-0.39, 0.29) is 12.5 Å². The maximum absolute atomic E-state index is 13.8. The molecule has 150 valence electrons. The van der Waals surface area contributed by atoms with Crippen molar-refractivity contribution >= 4 is 17.4 Å². The Balaban J connectivity index is 1.61. The van der Waals surface area contributed by atoms with Crippen LogP contribution >= 0.6 is 0 Å². The summed E-state index contributed by atoms with van der Waals surface area (Å²) in [5, 5.41) is 12.4. The molecule has 9 heteroatoms. The van der Waals surface area contributed by atoms with E-state index < -0.39 is 17.7 Å². The number of amides is 2. The molecule has 1 aliphatic heterocycles. The van der Waals surface area contributed by atoms with Crippen LogP contribution in [-0.4, -0.2) is 23.0 Å². The van der Waals surface area contributed by atoms with Gasteiger partial charge in [-0.2, -0.15) is 5.10 Å². The molecule has 0 saturated carbocycles. The SMILES string of the molecule is CCCc1[nH]nc(-c2ccc3c(c2)OCO3)c1NC(=O)Nc1ccc(F)cc1F.